The zero-order valence-corrected chi connectivity index (χ0v) is 8.59. The largest absolute Gasteiger partial charge is 0.370 e. The van der Waals surface area contributed by atoms with Gasteiger partial charge in [-0.3, -0.25) is 0 Å². The predicted molar refractivity (Wildman–Crippen MR) is 58.4 cm³/mol. The van der Waals surface area contributed by atoms with E-state index in [-0.39, 0.29) is 0 Å². The minimum Gasteiger partial charge on any atom is -0.370 e. The molecule has 0 amide bonds. The van der Waals surface area contributed by atoms with E-state index in [9.17, 15) is 0 Å². The molecule has 1 unspecified atom stereocenters. The Labute approximate surface area is 84.9 Å². The van der Waals surface area contributed by atoms with Gasteiger partial charge in [0.1, 0.15) is 5.82 Å². The van der Waals surface area contributed by atoms with E-state index in [1.54, 1.807) is 0 Å². The normalized spacial score (nSPS) is 21.1. The molecule has 2 N–H and O–H groups in total. The third-order valence-corrected chi connectivity index (χ3v) is 2.61. The van der Waals surface area contributed by atoms with Gasteiger partial charge in [-0.15, -0.1) is 0 Å². The van der Waals surface area contributed by atoms with Crippen LogP contribution in [0.3, 0.4) is 0 Å². The Hall–Kier alpha value is -1.09. The smallest absolute Gasteiger partial charge is 0.125 e. The summed E-state index contributed by atoms with van der Waals surface area (Å²) in [6.07, 6.45) is 4.49. The van der Waals surface area contributed by atoms with E-state index in [0.717, 1.165) is 18.9 Å². The number of rotatable bonds is 3. The quantitative estimate of drug-likeness (QED) is 0.766. The van der Waals surface area contributed by atoms with Crippen molar-refractivity contribution in [2.24, 2.45) is 0 Å². The highest BCUT2D eigenvalue weighted by Gasteiger charge is 2.15. The standard InChI is InChI=1S/C11H17N3/c1-2-12-11-6-5-9(8-14-11)10-4-3-7-13-10/h5-6,8,10,13H,2-4,7H2,1H3,(H,12,14). The molecular formula is C11H17N3. The Morgan fingerprint density at radius 2 is 2.50 bits per heavy atom. The van der Waals surface area contributed by atoms with Crippen LogP contribution in [0, 0.1) is 0 Å². The van der Waals surface area contributed by atoms with E-state index in [4.69, 9.17) is 0 Å². The first-order chi connectivity index (χ1) is 6.90. The molecule has 1 aromatic rings. The van der Waals surface area contributed by atoms with Crippen molar-refractivity contribution in [2.45, 2.75) is 25.8 Å². The molecule has 1 atom stereocenters. The van der Waals surface area contributed by atoms with Crippen LogP contribution in [0.5, 0.6) is 0 Å². The van der Waals surface area contributed by atoms with E-state index < -0.39 is 0 Å². The highest BCUT2D eigenvalue weighted by molar-refractivity contribution is 5.36. The van der Waals surface area contributed by atoms with Gasteiger partial charge in [-0.2, -0.15) is 0 Å². The van der Waals surface area contributed by atoms with Crippen LogP contribution in [0.4, 0.5) is 5.82 Å². The molecule has 0 radical (unpaired) electrons. The fraction of sp³-hybridized carbons (Fsp3) is 0.545. The average molecular weight is 191 g/mol. The number of nitrogens with zero attached hydrogens (tertiary/aromatic N) is 1. The Bertz CT molecular complexity index is 275. The molecule has 1 saturated heterocycles. The second-order valence-corrected chi connectivity index (χ2v) is 3.66. The number of hydrogen-bond acceptors (Lipinski definition) is 3. The monoisotopic (exact) mass is 191 g/mol. The molecule has 2 rings (SSSR count). The second-order valence-electron chi connectivity index (χ2n) is 3.66. The van der Waals surface area contributed by atoms with E-state index >= 15 is 0 Å². The summed E-state index contributed by atoms with van der Waals surface area (Å²) in [5, 5.41) is 6.66. The third kappa shape index (κ3) is 2.04. The maximum Gasteiger partial charge on any atom is 0.125 e. The fourth-order valence-corrected chi connectivity index (χ4v) is 1.87. The minimum atomic E-state index is 0.526. The molecule has 2 heterocycles. The van der Waals surface area contributed by atoms with E-state index in [1.165, 1.54) is 18.4 Å². The second kappa shape index (κ2) is 4.42. The topological polar surface area (TPSA) is 37.0 Å². The van der Waals surface area contributed by atoms with E-state index in [2.05, 4.69) is 34.7 Å². The summed E-state index contributed by atoms with van der Waals surface area (Å²) in [4.78, 5) is 4.36. The highest BCUT2D eigenvalue weighted by atomic mass is 15.0. The number of pyridine rings is 1. The van der Waals surface area contributed by atoms with Crippen LogP contribution in [0.25, 0.3) is 0 Å². The zero-order chi connectivity index (χ0) is 9.80. The van der Waals surface area contributed by atoms with E-state index in [1.807, 2.05) is 6.20 Å². The molecule has 0 aromatic carbocycles. The molecule has 1 aliphatic heterocycles. The molecule has 14 heavy (non-hydrogen) atoms. The van der Waals surface area contributed by atoms with Gasteiger partial charge < -0.3 is 10.6 Å². The summed E-state index contributed by atoms with van der Waals surface area (Å²) >= 11 is 0. The molecule has 3 heteroatoms. The molecule has 0 aliphatic carbocycles. The lowest BCUT2D eigenvalue weighted by Crippen LogP contribution is -2.13. The zero-order valence-electron chi connectivity index (χ0n) is 8.59. The van der Waals surface area contributed by atoms with Gasteiger partial charge in [-0.05, 0) is 37.9 Å². The average Bonchev–Trinajstić information content (AvgIpc) is 2.72. The molecule has 0 spiro atoms. The van der Waals surface area contributed by atoms with Crippen molar-refractivity contribution in [3.05, 3.63) is 23.9 Å². The van der Waals surface area contributed by atoms with Crippen molar-refractivity contribution in [3.8, 4) is 0 Å². The van der Waals surface area contributed by atoms with Crippen LogP contribution in [-0.2, 0) is 0 Å². The summed E-state index contributed by atoms with van der Waals surface area (Å²) in [5.74, 6) is 0.967. The molecule has 76 valence electrons. The van der Waals surface area contributed by atoms with Crippen molar-refractivity contribution in [2.75, 3.05) is 18.4 Å². The van der Waals surface area contributed by atoms with Gasteiger partial charge in [0.05, 0.1) is 0 Å². The predicted octanol–water partition coefficient (Wildman–Crippen LogP) is 1.94. The van der Waals surface area contributed by atoms with Crippen molar-refractivity contribution in [3.63, 3.8) is 0 Å². The van der Waals surface area contributed by atoms with Crippen LogP contribution in [-0.4, -0.2) is 18.1 Å². The lowest BCUT2D eigenvalue weighted by Gasteiger charge is -2.10. The van der Waals surface area contributed by atoms with Gasteiger partial charge in [0.15, 0.2) is 0 Å². The van der Waals surface area contributed by atoms with Gasteiger partial charge in [-0.1, -0.05) is 6.07 Å². The highest BCUT2D eigenvalue weighted by Crippen LogP contribution is 2.22. The van der Waals surface area contributed by atoms with Crippen LogP contribution >= 0.6 is 0 Å². The first-order valence-corrected chi connectivity index (χ1v) is 5.33. The van der Waals surface area contributed by atoms with Crippen LogP contribution in [0.2, 0.25) is 0 Å². The Kier molecular flexibility index (Phi) is 2.99. The Morgan fingerprint density at radius 1 is 1.57 bits per heavy atom. The summed E-state index contributed by atoms with van der Waals surface area (Å²) in [7, 11) is 0. The van der Waals surface area contributed by atoms with Gasteiger partial charge in [-0.25, -0.2) is 4.98 Å². The van der Waals surface area contributed by atoms with Crippen molar-refractivity contribution in [1.29, 1.82) is 0 Å². The van der Waals surface area contributed by atoms with Crippen LogP contribution in [0.15, 0.2) is 18.3 Å². The summed E-state index contributed by atoms with van der Waals surface area (Å²) in [6.45, 7) is 4.14. The Morgan fingerprint density at radius 3 is 3.07 bits per heavy atom. The van der Waals surface area contributed by atoms with Crippen LogP contribution in [0.1, 0.15) is 31.4 Å². The number of hydrogen-bond donors (Lipinski definition) is 2. The number of anilines is 1. The lowest BCUT2D eigenvalue weighted by molar-refractivity contribution is 0.645. The SMILES string of the molecule is CCNc1ccc(C2CCCN2)cn1. The molecule has 1 aliphatic rings. The van der Waals surface area contributed by atoms with Crippen molar-refractivity contribution >= 4 is 5.82 Å². The van der Waals surface area contributed by atoms with E-state index in [0.29, 0.717) is 6.04 Å². The third-order valence-electron chi connectivity index (χ3n) is 2.61. The summed E-state index contributed by atoms with van der Waals surface area (Å²) in [6, 6.07) is 4.74. The van der Waals surface area contributed by atoms with Gasteiger partial charge in [0, 0.05) is 18.8 Å². The molecule has 3 nitrogen and oxygen atoms in total. The van der Waals surface area contributed by atoms with Gasteiger partial charge in [0.25, 0.3) is 0 Å². The number of aromatic nitrogens is 1. The summed E-state index contributed by atoms with van der Waals surface area (Å²) in [5.41, 5.74) is 1.31. The fourth-order valence-electron chi connectivity index (χ4n) is 1.87. The first-order valence-electron chi connectivity index (χ1n) is 5.33. The molecule has 0 saturated carbocycles. The van der Waals surface area contributed by atoms with Crippen LogP contribution < -0.4 is 10.6 Å². The minimum absolute atomic E-state index is 0.526. The maximum absolute atomic E-state index is 4.36. The van der Waals surface area contributed by atoms with Gasteiger partial charge >= 0.3 is 0 Å². The lowest BCUT2D eigenvalue weighted by atomic mass is 10.1. The Balaban J connectivity index is 2.05. The summed E-state index contributed by atoms with van der Waals surface area (Å²) < 4.78 is 0. The molecular weight excluding hydrogens is 174 g/mol. The molecule has 1 fully saturated rings. The first kappa shape index (κ1) is 9.46. The molecule has 0 bridgehead atoms. The van der Waals surface area contributed by atoms with Crippen molar-refractivity contribution < 1.29 is 0 Å². The van der Waals surface area contributed by atoms with Crippen molar-refractivity contribution in [1.82, 2.24) is 10.3 Å². The molecule has 1 aromatic heterocycles. The maximum atomic E-state index is 4.36. The van der Waals surface area contributed by atoms with Gasteiger partial charge in [0.2, 0.25) is 0 Å². The number of nitrogens with one attached hydrogen (secondary N) is 2.